The lowest BCUT2D eigenvalue weighted by Crippen LogP contribution is -2.41. The topological polar surface area (TPSA) is 18.5 Å². The van der Waals surface area contributed by atoms with E-state index in [1.54, 1.807) is 0 Å². The van der Waals surface area contributed by atoms with E-state index in [1.165, 1.54) is 44.5 Å². The van der Waals surface area contributed by atoms with Gasteiger partial charge in [0.2, 0.25) is 0 Å². The third-order valence-corrected chi connectivity index (χ3v) is 9.22. The molecule has 1 saturated heterocycles. The summed E-state index contributed by atoms with van der Waals surface area (Å²) >= 11 is 0. The zero-order chi connectivity index (χ0) is 27.5. The first-order valence-electron chi connectivity index (χ1n) is 14.1. The first-order valence-corrected chi connectivity index (χ1v) is 14.1. The summed E-state index contributed by atoms with van der Waals surface area (Å²) in [6.45, 7) is 8.37. The summed E-state index contributed by atoms with van der Waals surface area (Å²) in [5.41, 5.74) is 10.1. The minimum absolute atomic E-state index is 0.357. The Bertz CT molecular complexity index is 1640. The molecule has 1 aliphatic heterocycles. The third kappa shape index (κ3) is 3.65. The predicted molar refractivity (Wildman–Crippen MR) is 165 cm³/mol. The smallest absolute Gasteiger partial charge is 0.399 e. The number of hydrogen-bond donors (Lipinski definition) is 0. The minimum Gasteiger partial charge on any atom is -0.399 e. The number of fused-ring (bicyclic) bond motifs is 3. The lowest BCUT2D eigenvalue weighted by atomic mass is 9.67. The van der Waals surface area contributed by atoms with Crippen LogP contribution in [0.2, 0.25) is 0 Å². The van der Waals surface area contributed by atoms with Crippen molar-refractivity contribution in [1.82, 2.24) is 0 Å². The highest BCUT2D eigenvalue weighted by Crippen LogP contribution is 2.56. The molecule has 0 bridgehead atoms. The number of benzene rings is 5. The molecule has 196 valence electrons. The van der Waals surface area contributed by atoms with Gasteiger partial charge in [-0.3, -0.25) is 0 Å². The Hall–Kier alpha value is -3.92. The Morgan fingerprint density at radius 2 is 1.00 bits per heavy atom. The van der Waals surface area contributed by atoms with Gasteiger partial charge in [0.25, 0.3) is 0 Å². The van der Waals surface area contributed by atoms with E-state index >= 15 is 0 Å². The van der Waals surface area contributed by atoms with Gasteiger partial charge in [0, 0.05) is 0 Å². The quantitative estimate of drug-likeness (QED) is 0.219. The molecule has 0 aromatic heterocycles. The monoisotopic (exact) mass is 520 g/mol. The van der Waals surface area contributed by atoms with Crippen molar-refractivity contribution < 1.29 is 9.31 Å². The normalized spacial score (nSPS) is 17.9. The third-order valence-electron chi connectivity index (χ3n) is 9.22. The molecule has 3 heteroatoms. The number of hydrogen-bond acceptors (Lipinski definition) is 2. The molecular weight excluding hydrogens is 487 g/mol. The molecule has 0 saturated carbocycles. The molecule has 0 radical (unpaired) electrons. The SMILES string of the molecule is CC1(C)OB(c2ccc(-c3cccc(C4(c5ccccc5)c5ccccc5-c5ccccc54)c3)cc2)OC1(C)C. The molecular formula is C37H33BO2. The van der Waals surface area contributed by atoms with E-state index in [4.69, 9.17) is 9.31 Å². The van der Waals surface area contributed by atoms with E-state index in [1.807, 2.05) is 0 Å². The minimum atomic E-state index is -0.396. The van der Waals surface area contributed by atoms with E-state index in [0.717, 1.165) is 5.46 Å². The average Bonchev–Trinajstić information content (AvgIpc) is 3.40. The summed E-state index contributed by atoms with van der Waals surface area (Å²) in [6.07, 6.45) is 0. The van der Waals surface area contributed by atoms with Crippen LogP contribution in [0.4, 0.5) is 0 Å². The van der Waals surface area contributed by atoms with Crippen molar-refractivity contribution in [3.8, 4) is 22.3 Å². The van der Waals surface area contributed by atoms with E-state index in [9.17, 15) is 0 Å². The van der Waals surface area contributed by atoms with Crippen LogP contribution in [-0.4, -0.2) is 18.3 Å². The van der Waals surface area contributed by atoms with Crippen LogP contribution in [0.1, 0.15) is 49.9 Å². The van der Waals surface area contributed by atoms with Crippen molar-refractivity contribution in [2.24, 2.45) is 0 Å². The summed E-state index contributed by atoms with van der Waals surface area (Å²) in [5.74, 6) is 0. The lowest BCUT2D eigenvalue weighted by Gasteiger charge is -2.34. The molecule has 1 heterocycles. The van der Waals surface area contributed by atoms with Gasteiger partial charge in [-0.25, -0.2) is 0 Å². The van der Waals surface area contributed by atoms with Gasteiger partial charge >= 0.3 is 7.12 Å². The second kappa shape index (κ2) is 9.06. The van der Waals surface area contributed by atoms with Crippen LogP contribution in [0.3, 0.4) is 0 Å². The summed E-state index contributed by atoms with van der Waals surface area (Å²) in [7, 11) is -0.363. The fourth-order valence-corrected chi connectivity index (χ4v) is 6.46. The predicted octanol–water partition coefficient (Wildman–Crippen LogP) is 8.02. The van der Waals surface area contributed by atoms with Crippen molar-refractivity contribution in [1.29, 1.82) is 0 Å². The first kappa shape index (κ1) is 25.1. The van der Waals surface area contributed by atoms with Gasteiger partial charge in [0.1, 0.15) is 0 Å². The van der Waals surface area contributed by atoms with Gasteiger partial charge in [-0.05, 0) is 83.7 Å². The Kier molecular flexibility index (Phi) is 5.68. The van der Waals surface area contributed by atoms with Crippen LogP contribution in [-0.2, 0) is 14.7 Å². The Balaban J connectivity index is 1.35. The van der Waals surface area contributed by atoms with Gasteiger partial charge in [0.05, 0.1) is 16.6 Å². The van der Waals surface area contributed by atoms with E-state index < -0.39 is 5.41 Å². The van der Waals surface area contributed by atoms with Gasteiger partial charge in [-0.1, -0.05) is 121 Å². The second-order valence-corrected chi connectivity index (χ2v) is 12.0. The van der Waals surface area contributed by atoms with Crippen LogP contribution in [0.25, 0.3) is 22.3 Å². The maximum absolute atomic E-state index is 6.29. The highest BCUT2D eigenvalue weighted by Gasteiger charge is 2.51. The molecule has 0 spiro atoms. The van der Waals surface area contributed by atoms with Crippen molar-refractivity contribution in [2.45, 2.75) is 44.3 Å². The van der Waals surface area contributed by atoms with Crippen LogP contribution >= 0.6 is 0 Å². The molecule has 0 atom stereocenters. The summed E-state index contributed by atoms with van der Waals surface area (Å²) in [6, 6.07) is 46.4. The van der Waals surface area contributed by atoms with Crippen molar-refractivity contribution in [3.05, 3.63) is 150 Å². The van der Waals surface area contributed by atoms with Crippen molar-refractivity contribution >= 4 is 12.6 Å². The molecule has 0 N–H and O–H groups in total. The van der Waals surface area contributed by atoms with E-state index in [-0.39, 0.29) is 18.3 Å². The molecule has 5 aromatic carbocycles. The van der Waals surface area contributed by atoms with Crippen LogP contribution in [0.15, 0.2) is 127 Å². The van der Waals surface area contributed by atoms with Crippen molar-refractivity contribution in [2.75, 3.05) is 0 Å². The molecule has 40 heavy (non-hydrogen) atoms. The van der Waals surface area contributed by atoms with Gasteiger partial charge < -0.3 is 9.31 Å². The summed E-state index contributed by atoms with van der Waals surface area (Å²) in [5, 5.41) is 0. The molecule has 2 aliphatic rings. The molecule has 5 aromatic rings. The molecule has 7 rings (SSSR count). The highest BCUT2D eigenvalue weighted by molar-refractivity contribution is 6.62. The zero-order valence-corrected chi connectivity index (χ0v) is 23.5. The number of rotatable bonds is 4. The fraction of sp³-hybridized carbons (Fsp3) is 0.189. The maximum Gasteiger partial charge on any atom is 0.494 e. The van der Waals surface area contributed by atoms with E-state index in [2.05, 4.69) is 155 Å². The molecule has 1 fully saturated rings. The highest BCUT2D eigenvalue weighted by atomic mass is 16.7. The summed E-state index contributed by atoms with van der Waals surface area (Å²) < 4.78 is 12.6. The molecule has 1 aliphatic carbocycles. The first-order chi connectivity index (χ1) is 19.3. The Morgan fingerprint density at radius 1 is 0.475 bits per heavy atom. The Morgan fingerprint density at radius 3 is 1.60 bits per heavy atom. The van der Waals surface area contributed by atoms with Crippen LogP contribution < -0.4 is 5.46 Å². The van der Waals surface area contributed by atoms with Crippen molar-refractivity contribution in [3.63, 3.8) is 0 Å². The van der Waals surface area contributed by atoms with Gasteiger partial charge in [0.15, 0.2) is 0 Å². The van der Waals surface area contributed by atoms with Crippen LogP contribution in [0, 0.1) is 0 Å². The largest absolute Gasteiger partial charge is 0.494 e. The van der Waals surface area contributed by atoms with Crippen LogP contribution in [0.5, 0.6) is 0 Å². The molecule has 2 nitrogen and oxygen atoms in total. The summed E-state index contributed by atoms with van der Waals surface area (Å²) in [4.78, 5) is 0. The average molecular weight is 520 g/mol. The van der Waals surface area contributed by atoms with Gasteiger partial charge in [-0.15, -0.1) is 0 Å². The standard InChI is InChI=1S/C37H33BO2/c1-35(2)36(3,4)40-38(39-35)30-23-21-26(22-24-30)27-13-12-16-29(25-27)37(28-14-6-5-7-15-28)33-19-10-8-17-31(33)32-18-9-11-20-34(32)37/h5-25H,1-4H3. The Labute approximate surface area is 237 Å². The fourth-order valence-electron chi connectivity index (χ4n) is 6.46. The van der Waals surface area contributed by atoms with Gasteiger partial charge in [-0.2, -0.15) is 0 Å². The molecule has 0 amide bonds. The lowest BCUT2D eigenvalue weighted by molar-refractivity contribution is 0.00578. The molecule has 0 unspecified atom stereocenters. The second-order valence-electron chi connectivity index (χ2n) is 12.0. The zero-order valence-electron chi connectivity index (χ0n) is 23.5. The maximum atomic E-state index is 6.29. The van der Waals surface area contributed by atoms with E-state index in [0.29, 0.717) is 0 Å².